The Bertz CT molecular complexity index is 418. The van der Waals surface area contributed by atoms with Gasteiger partial charge in [-0.1, -0.05) is 79.7 Å². The number of nitrogens with zero attached hydrogens (tertiary/aromatic N) is 2. The predicted molar refractivity (Wildman–Crippen MR) is 108 cm³/mol. The highest BCUT2D eigenvalue weighted by molar-refractivity contribution is 8.20. The minimum Gasteiger partial charge on any atom is -0.330 e. The molecule has 7 heteroatoms. The summed E-state index contributed by atoms with van der Waals surface area (Å²) in [6.45, 7) is 30.4. The number of rotatable bonds is 4. The molecule has 1 heterocycles. The summed E-state index contributed by atoms with van der Waals surface area (Å²) in [5.41, 5.74) is 0. The summed E-state index contributed by atoms with van der Waals surface area (Å²) >= 11 is 0. The topological polar surface area (TPSA) is 8.17 Å². The molecule has 1 aromatic heterocycles. The van der Waals surface area contributed by atoms with E-state index in [1.807, 2.05) is 0 Å². The number of hydrogen-bond acceptors (Lipinski definition) is 1. The van der Waals surface area contributed by atoms with E-state index in [-0.39, 0.29) is 14.9 Å². The average Bonchev–Trinajstić information content (AvgIpc) is 2.69. The van der Waals surface area contributed by atoms with Crippen LogP contribution in [-0.2, 0) is 5.16 Å². The van der Waals surface area contributed by atoms with Crippen LogP contribution in [0.4, 0.5) is 0 Å². The van der Waals surface area contributed by atoms with E-state index in [0.29, 0.717) is 5.16 Å². The first kappa shape index (κ1) is 19.1. The lowest BCUT2D eigenvalue weighted by Crippen LogP contribution is -2.57. The Morgan fingerprint density at radius 1 is 0.750 bits per heavy atom. The Balaban J connectivity index is 3.45. The predicted octanol–water partition coefficient (Wildman–Crippen LogP) is 6.51. The molecule has 2 unspecified atom stereocenters. The van der Waals surface area contributed by atoms with Gasteiger partial charge in [-0.3, -0.25) is 4.00 Å². The van der Waals surface area contributed by atoms with Crippen molar-refractivity contribution in [2.75, 3.05) is 4.00 Å². The summed E-state index contributed by atoms with van der Waals surface area (Å²) in [5.74, 6) is 0. The lowest BCUT2D eigenvalue weighted by Gasteiger charge is -2.41. The molecular weight excluding hydrogens is 330 g/mol. The second-order valence-electron chi connectivity index (χ2n) is 9.84. The smallest absolute Gasteiger partial charge is 0.162 e. The molecule has 0 N–H and O–H groups in total. The average molecular weight is 367 g/mol. The van der Waals surface area contributed by atoms with Gasteiger partial charge in [0.05, 0.1) is 0 Å². The zero-order valence-electron chi connectivity index (χ0n) is 15.8. The zero-order valence-corrected chi connectivity index (χ0v) is 20.6. The molecular formula is C13H36N2P2Si3. The lowest BCUT2D eigenvalue weighted by molar-refractivity contribution is 0.719. The van der Waals surface area contributed by atoms with E-state index in [1.54, 1.807) is 0 Å². The van der Waals surface area contributed by atoms with Gasteiger partial charge < -0.3 is 3.76 Å². The first-order valence-corrected chi connectivity index (χ1v) is 21.3. The van der Waals surface area contributed by atoms with Crippen LogP contribution in [0.3, 0.4) is 0 Å². The SMILES string of the molecule is CC(C)(C)p1n([Si](C)(C)C)p1N([Si](C)(C)C)[Si](C)(C)C. The van der Waals surface area contributed by atoms with Crippen LogP contribution in [0.15, 0.2) is 0 Å². The van der Waals surface area contributed by atoms with Crippen molar-refractivity contribution in [3.63, 3.8) is 0 Å². The maximum absolute atomic E-state index is 3.12. The van der Waals surface area contributed by atoms with Gasteiger partial charge >= 0.3 is 0 Å². The Hall–Kier alpha value is 1.01. The van der Waals surface area contributed by atoms with Crippen molar-refractivity contribution in [2.45, 2.75) is 84.9 Å². The van der Waals surface area contributed by atoms with E-state index in [1.165, 1.54) is 0 Å². The van der Waals surface area contributed by atoms with Crippen LogP contribution < -0.4 is 4.00 Å². The molecule has 2 nitrogen and oxygen atoms in total. The second kappa shape index (κ2) is 5.28. The van der Waals surface area contributed by atoms with E-state index in [9.17, 15) is 0 Å². The van der Waals surface area contributed by atoms with Crippen LogP contribution in [0, 0.1) is 0 Å². The lowest BCUT2D eigenvalue weighted by atomic mass is 10.3. The Labute approximate surface area is 132 Å². The third-order valence-electron chi connectivity index (χ3n) is 3.14. The molecule has 1 aromatic rings. The van der Waals surface area contributed by atoms with Crippen molar-refractivity contribution in [1.29, 1.82) is 0 Å². The van der Waals surface area contributed by atoms with Gasteiger partial charge in [0.15, 0.2) is 8.24 Å². The monoisotopic (exact) mass is 366 g/mol. The first-order valence-electron chi connectivity index (χ1n) is 7.69. The normalized spacial score (nSPS) is 17.2. The van der Waals surface area contributed by atoms with Crippen molar-refractivity contribution < 1.29 is 0 Å². The molecule has 120 valence electrons. The summed E-state index contributed by atoms with van der Waals surface area (Å²) in [5, 5.41) is 0.485. The van der Waals surface area contributed by atoms with Gasteiger partial charge in [-0.2, -0.15) is 0 Å². The molecule has 0 aliphatic rings. The zero-order chi connectivity index (χ0) is 16.3. The van der Waals surface area contributed by atoms with Crippen LogP contribution in [0.5, 0.6) is 0 Å². The fourth-order valence-electron chi connectivity index (χ4n) is 2.94. The van der Waals surface area contributed by atoms with Crippen LogP contribution in [0.25, 0.3) is 0 Å². The second-order valence-corrected chi connectivity index (χ2v) is 32.3. The summed E-state index contributed by atoms with van der Waals surface area (Å²) in [6, 6.07) is 0. The highest BCUT2D eigenvalue weighted by atomic mass is 31.9. The van der Waals surface area contributed by atoms with E-state index >= 15 is 0 Å². The molecule has 0 saturated carbocycles. The van der Waals surface area contributed by atoms with E-state index in [0.717, 1.165) is 0 Å². The van der Waals surface area contributed by atoms with Crippen LogP contribution >= 0.6 is 14.9 Å². The van der Waals surface area contributed by atoms with E-state index < -0.39 is 24.7 Å². The van der Waals surface area contributed by atoms with Crippen molar-refractivity contribution >= 4 is 39.6 Å². The molecule has 0 spiro atoms. The summed E-state index contributed by atoms with van der Waals surface area (Å²) in [6.07, 6.45) is 0. The van der Waals surface area contributed by atoms with Gasteiger partial charge in [0.1, 0.15) is 16.5 Å². The fourth-order valence-corrected chi connectivity index (χ4v) is 41.0. The van der Waals surface area contributed by atoms with Crippen molar-refractivity contribution in [3.05, 3.63) is 0 Å². The van der Waals surface area contributed by atoms with Crippen molar-refractivity contribution in [1.82, 2.24) is 3.76 Å². The Morgan fingerprint density at radius 3 is 1.25 bits per heavy atom. The van der Waals surface area contributed by atoms with Crippen LogP contribution in [-0.4, -0.2) is 28.5 Å². The largest absolute Gasteiger partial charge is 0.330 e. The van der Waals surface area contributed by atoms with Crippen LogP contribution in [0.1, 0.15) is 20.8 Å². The third kappa shape index (κ3) is 4.05. The molecule has 20 heavy (non-hydrogen) atoms. The molecule has 0 saturated heterocycles. The highest BCUT2D eigenvalue weighted by Crippen LogP contribution is 2.74. The molecule has 0 fully saturated rings. The minimum atomic E-state index is -1.24. The summed E-state index contributed by atoms with van der Waals surface area (Å²) in [7, 11) is -3.57. The quantitative estimate of drug-likeness (QED) is 0.552. The molecule has 0 bridgehead atoms. The molecule has 2 atom stereocenters. The number of hydrogen-bond donors (Lipinski definition) is 0. The maximum Gasteiger partial charge on any atom is 0.162 e. The standard InChI is InChI=1S/C13H36N2P2Si3/c1-13(2,3)16-14(18(4,5)6)17(16)15(19(7,8)9)20(10,11)12/h1-12H3. The highest BCUT2D eigenvalue weighted by Gasteiger charge is 2.47. The van der Waals surface area contributed by atoms with Gasteiger partial charge in [0.25, 0.3) is 0 Å². The van der Waals surface area contributed by atoms with E-state index in [2.05, 4.69) is 87.5 Å². The maximum atomic E-state index is 3.12. The van der Waals surface area contributed by atoms with Gasteiger partial charge in [-0.05, 0) is 7.37 Å². The fraction of sp³-hybridized carbons (Fsp3) is 1.00. The first-order chi connectivity index (χ1) is 8.49. The van der Waals surface area contributed by atoms with Crippen LogP contribution in [0.2, 0.25) is 58.9 Å². The molecule has 0 amide bonds. The molecule has 1 rings (SSSR count). The molecule has 0 aliphatic heterocycles. The van der Waals surface area contributed by atoms with E-state index in [4.69, 9.17) is 0 Å². The minimum absolute atomic E-state index is 0.0237. The van der Waals surface area contributed by atoms with Gasteiger partial charge in [-0.15, -0.1) is 0 Å². The summed E-state index contributed by atoms with van der Waals surface area (Å²) < 4.78 is 6.15. The summed E-state index contributed by atoms with van der Waals surface area (Å²) in [4.78, 5) is 0. The van der Waals surface area contributed by atoms with Crippen molar-refractivity contribution in [3.8, 4) is 0 Å². The van der Waals surface area contributed by atoms with Gasteiger partial charge in [0, 0.05) is 12.7 Å². The van der Waals surface area contributed by atoms with Gasteiger partial charge in [-0.25, -0.2) is 0 Å². The molecule has 0 aromatic carbocycles. The molecule has 0 aliphatic carbocycles. The third-order valence-corrected chi connectivity index (χ3v) is 29.7. The van der Waals surface area contributed by atoms with Gasteiger partial charge in [0.2, 0.25) is 0 Å². The Kier molecular flexibility index (Phi) is 5.03. The Morgan fingerprint density at radius 2 is 1.10 bits per heavy atom. The number of aromatic nitrogens is 1. The van der Waals surface area contributed by atoms with Crippen molar-refractivity contribution in [2.24, 2.45) is 0 Å². The molecule has 0 radical (unpaired) electrons.